The molecular weight excluding hydrogens is 264 g/mol. The molecule has 3 aromatic rings. The van der Waals surface area contributed by atoms with Gasteiger partial charge in [0, 0.05) is 27.4 Å². The molecule has 3 rings (SSSR count). The molecule has 2 nitrogen and oxygen atoms in total. The van der Waals surface area contributed by atoms with Crippen LogP contribution in [-0.2, 0) is 0 Å². The van der Waals surface area contributed by atoms with Crippen molar-refractivity contribution in [1.82, 2.24) is 10.3 Å². The lowest BCUT2D eigenvalue weighted by Gasteiger charge is -2.10. The fourth-order valence-electron chi connectivity index (χ4n) is 2.47. The summed E-state index contributed by atoms with van der Waals surface area (Å²) < 4.78 is 0. The molecule has 0 aliphatic heterocycles. The zero-order chi connectivity index (χ0) is 13.9. The van der Waals surface area contributed by atoms with Crippen molar-refractivity contribution in [2.75, 3.05) is 7.05 Å². The number of fused-ring (bicyclic) bond motifs is 1. The Kier molecular flexibility index (Phi) is 3.81. The number of nitrogens with one attached hydrogen (secondary N) is 1. The Morgan fingerprint density at radius 2 is 2.10 bits per heavy atom. The topological polar surface area (TPSA) is 24.9 Å². The number of hydrogen-bond acceptors (Lipinski definition) is 3. The summed E-state index contributed by atoms with van der Waals surface area (Å²) in [6, 6.07) is 15.5. The van der Waals surface area contributed by atoms with E-state index in [4.69, 9.17) is 0 Å². The van der Waals surface area contributed by atoms with Crippen molar-refractivity contribution in [2.24, 2.45) is 0 Å². The van der Waals surface area contributed by atoms with Crippen LogP contribution in [0.2, 0.25) is 0 Å². The van der Waals surface area contributed by atoms with Crippen LogP contribution >= 0.6 is 11.3 Å². The molecule has 1 N–H and O–H groups in total. The van der Waals surface area contributed by atoms with Crippen molar-refractivity contribution >= 4 is 22.2 Å². The molecule has 0 spiro atoms. The number of rotatable bonds is 4. The number of nitrogens with zero attached hydrogens (tertiary/aromatic N) is 1. The lowest BCUT2D eigenvalue weighted by atomic mass is 10.1. The Morgan fingerprint density at radius 3 is 2.90 bits per heavy atom. The highest BCUT2D eigenvalue weighted by molar-refractivity contribution is 7.15. The van der Waals surface area contributed by atoms with Crippen molar-refractivity contribution < 1.29 is 0 Å². The standard InChI is InChI=1S/C17H18N2S/c1-3-14(18-2)17-9-8-16(20-17)13-6-7-15-12(11-13)5-4-10-19-15/h4-11,14,18H,3H2,1-2H3. The Hall–Kier alpha value is -1.71. The van der Waals surface area contributed by atoms with E-state index in [1.54, 1.807) is 0 Å². The molecule has 0 amide bonds. The van der Waals surface area contributed by atoms with Crippen LogP contribution in [-0.4, -0.2) is 12.0 Å². The lowest BCUT2D eigenvalue weighted by molar-refractivity contribution is 0.586. The van der Waals surface area contributed by atoms with Crippen LogP contribution in [0.15, 0.2) is 48.7 Å². The molecule has 2 aromatic heterocycles. The normalized spacial score (nSPS) is 12.7. The van der Waals surface area contributed by atoms with Crippen molar-refractivity contribution in [3.05, 3.63) is 53.5 Å². The van der Waals surface area contributed by atoms with E-state index in [9.17, 15) is 0 Å². The smallest absolute Gasteiger partial charge is 0.0702 e. The van der Waals surface area contributed by atoms with E-state index in [0.29, 0.717) is 6.04 Å². The summed E-state index contributed by atoms with van der Waals surface area (Å²) in [5.41, 5.74) is 2.32. The van der Waals surface area contributed by atoms with Crippen LogP contribution in [0.5, 0.6) is 0 Å². The summed E-state index contributed by atoms with van der Waals surface area (Å²) in [6.45, 7) is 2.21. The first-order chi connectivity index (χ1) is 9.81. The summed E-state index contributed by atoms with van der Waals surface area (Å²) in [7, 11) is 2.02. The summed E-state index contributed by atoms with van der Waals surface area (Å²) in [5, 5.41) is 4.56. The van der Waals surface area contributed by atoms with Gasteiger partial charge in [0.1, 0.15) is 0 Å². The number of pyridine rings is 1. The Bertz CT molecular complexity index is 714. The van der Waals surface area contributed by atoms with Gasteiger partial charge in [-0.15, -0.1) is 11.3 Å². The third-order valence-corrected chi connectivity index (χ3v) is 4.86. The quantitative estimate of drug-likeness (QED) is 0.754. The van der Waals surface area contributed by atoms with Gasteiger partial charge in [-0.1, -0.05) is 19.1 Å². The van der Waals surface area contributed by atoms with Gasteiger partial charge in [-0.3, -0.25) is 4.98 Å². The maximum absolute atomic E-state index is 4.37. The van der Waals surface area contributed by atoms with E-state index < -0.39 is 0 Å². The summed E-state index contributed by atoms with van der Waals surface area (Å²) in [6.07, 6.45) is 2.95. The first kappa shape index (κ1) is 13.3. The third kappa shape index (κ3) is 2.47. The monoisotopic (exact) mass is 282 g/mol. The average Bonchev–Trinajstić information content (AvgIpc) is 2.98. The van der Waals surface area contributed by atoms with E-state index in [-0.39, 0.29) is 0 Å². The SMILES string of the molecule is CCC(NC)c1ccc(-c2ccc3ncccc3c2)s1. The van der Waals surface area contributed by atoms with Gasteiger partial charge in [-0.05, 0) is 49.4 Å². The van der Waals surface area contributed by atoms with E-state index in [2.05, 4.69) is 53.6 Å². The number of aromatic nitrogens is 1. The highest BCUT2D eigenvalue weighted by Crippen LogP contribution is 2.33. The van der Waals surface area contributed by atoms with Crippen molar-refractivity contribution in [3.8, 4) is 10.4 Å². The van der Waals surface area contributed by atoms with Crippen LogP contribution < -0.4 is 5.32 Å². The zero-order valence-corrected chi connectivity index (χ0v) is 12.6. The molecule has 3 heteroatoms. The molecule has 0 aliphatic rings. The third-order valence-electron chi connectivity index (χ3n) is 3.61. The minimum absolute atomic E-state index is 0.455. The van der Waals surface area contributed by atoms with Crippen LogP contribution in [0.1, 0.15) is 24.3 Å². The Morgan fingerprint density at radius 1 is 1.20 bits per heavy atom. The minimum Gasteiger partial charge on any atom is -0.312 e. The Labute approximate surface area is 123 Å². The molecule has 1 atom stereocenters. The van der Waals surface area contributed by atoms with Crippen LogP contribution in [0.4, 0.5) is 0 Å². The van der Waals surface area contributed by atoms with Gasteiger partial charge in [0.2, 0.25) is 0 Å². The molecule has 0 radical (unpaired) electrons. The fraction of sp³-hybridized carbons (Fsp3) is 0.235. The summed E-state index contributed by atoms with van der Waals surface area (Å²) >= 11 is 1.87. The molecule has 0 saturated heterocycles. The van der Waals surface area contributed by atoms with Crippen LogP contribution in [0.3, 0.4) is 0 Å². The second kappa shape index (κ2) is 5.73. The van der Waals surface area contributed by atoms with E-state index >= 15 is 0 Å². The number of benzene rings is 1. The van der Waals surface area contributed by atoms with Crippen LogP contribution in [0.25, 0.3) is 21.3 Å². The molecule has 1 aromatic carbocycles. The molecule has 20 heavy (non-hydrogen) atoms. The Balaban J connectivity index is 1.98. The second-order valence-electron chi connectivity index (χ2n) is 4.86. The molecule has 2 heterocycles. The summed E-state index contributed by atoms with van der Waals surface area (Å²) in [5.74, 6) is 0. The maximum Gasteiger partial charge on any atom is 0.0702 e. The summed E-state index contributed by atoms with van der Waals surface area (Å²) in [4.78, 5) is 7.09. The van der Waals surface area contributed by atoms with Crippen molar-refractivity contribution in [3.63, 3.8) is 0 Å². The van der Waals surface area contributed by atoms with Gasteiger partial charge in [0.15, 0.2) is 0 Å². The second-order valence-corrected chi connectivity index (χ2v) is 5.98. The molecule has 0 bridgehead atoms. The molecular formula is C17H18N2S. The predicted octanol–water partition coefficient (Wildman–Crippen LogP) is 4.63. The molecule has 0 aliphatic carbocycles. The first-order valence-electron chi connectivity index (χ1n) is 6.94. The van der Waals surface area contributed by atoms with Gasteiger partial charge in [0.25, 0.3) is 0 Å². The zero-order valence-electron chi connectivity index (χ0n) is 11.8. The van der Waals surface area contributed by atoms with Gasteiger partial charge in [0.05, 0.1) is 5.52 Å². The molecule has 0 saturated carbocycles. The predicted molar refractivity (Wildman–Crippen MR) is 87.1 cm³/mol. The highest BCUT2D eigenvalue weighted by Gasteiger charge is 2.10. The molecule has 1 unspecified atom stereocenters. The largest absolute Gasteiger partial charge is 0.312 e. The van der Waals surface area contributed by atoms with Gasteiger partial charge in [-0.2, -0.15) is 0 Å². The van der Waals surface area contributed by atoms with Crippen molar-refractivity contribution in [2.45, 2.75) is 19.4 Å². The number of thiophene rings is 1. The number of hydrogen-bond donors (Lipinski definition) is 1. The molecule has 0 fully saturated rings. The highest BCUT2D eigenvalue weighted by atomic mass is 32.1. The minimum atomic E-state index is 0.455. The average molecular weight is 282 g/mol. The van der Waals surface area contributed by atoms with E-state index in [1.807, 2.05) is 30.6 Å². The fourth-order valence-corrected chi connectivity index (χ4v) is 3.67. The van der Waals surface area contributed by atoms with E-state index in [0.717, 1.165) is 11.9 Å². The lowest BCUT2D eigenvalue weighted by Crippen LogP contribution is -2.13. The van der Waals surface area contributed by atoms with Gasteiger partial charge < -0.3 is 5.32 Å². The van der Waals surface area contributed by atoms with Crippen LogP contribution in [0, 0.1) is 0 Å². The maximum atomic E-state index is 4.37. The molecule has 102 valence electrons. The first-order valence-corrected chi connectivity index (χ1v) is 7.75. The van der Waals surface area contributed by atoms with Crippen molar-refractivity contribution in [1.29, 1.82) is 0 Å². The van der Waals surface area contributed by atoms with E-state index in [1.165, 1.54) is 20.7 Å². The van der Waals surface area contributed by atoms with Gasteiger partial charge in [-0.25, -0.2) is 0 Å². The van der Waals surface area contributed by atoms with Gasteiger partial charge >= 0.3 is 0 Å².